The molecular formula is C14H18N2O4. The maximum absolute atomic E-state index is 11.8. The molecule has 1 N–H and O–H groups in total. The van der Waals surface area contributed by atoms with Crippen molar-refractivity contribution in [1.29, 1.82) is 0 Å². The van der Waals surface area contributed by atoms with E-state index in [0.29, 0.717) is 24.5 Å². The minimum atomic E-state index is -0.867. The van der Waals surface area contributed by atoms with Gasteiger partial charge in [-0.2, -0.15) is 4.68 Å². The molecule has 2 aromatic heterocycles. The summed E-state index contributed by atoms with van der Waals surface area (Å²) in [5.41, 5.74) is -0.867. The maximum Gasteiger partial charge on any atom is 0.437 e. The summed E-state index contributed by atoms with van der Waals surface area (Å²) in [5.74, 6) is 0.615. The molecule has 0 unspecified atom stereocenters. The SMILES string of the molecule is CC1CCC(O)(Cn2nc(-c3ccco3)oc2=O)CC1. The van der Waals surface area contributed by atoms with E-state index in [1.165, 1.54) is 10.9 Å². The van der Waals surface area contributed by atoms with Crippen molar-refractivity contribution in [2.75, 3.05) is 0 Å². The van der Waals surface area contributed by atoms with Crippen LogP contribution in [0.25, 0.3) is 11.7 Å². The van der Waals surface area contributed by atoms with Crippen LogP contribution in [0.3, 0.4) is 0 Å². The van der Waals surface area contributed by atoms with Crippen LogP contribution in [0.4, 0.5) is 0 Å². The zero-order valence-electron chi connectivity index (χ0n) is 11.4. The number of aromatic nitrogens is 2. The Morgan fingerprint density at radius 1 is 1.50 bits per heavy atom. The lowest BCUT2D eigenvalue weighted by atomic mass is 9.79. The molecule has 0 saturated heterocycles. The molecule has 0 amide bonds. The Labute approximate surface area is 116 Å². The van der Waals surface area contributed by atoms with Crippen LogP contribution < -0.4 is 5.76 Å². The molecule has 0 atom stereocenters. The third kappa shape index (κ3) is 2.56. The summed E-state index contributed by atoms with van der Waals surface area (Å²) < 4.78 is 11.4. The van der Waals surface area contributed by atoms with Gasteiger partial charge in [0.05, 0.1) is 18.4 Å². The maximum atomic E-state index is 11.8. The van der Waals surface area contributed by atoms with E-state index in [1.807, 2.05) is 0 Å². The topological polar surface area (TPSA) is 81.4 Å². The third-order valence-corrected chi connectivity index (χ3v) is 3.99. The Kier molecular flexibility index (Phi) is 3.25. The zero-order valence-corrected chi connectivity index (χ0v) is 11.4. The summed E-state index contributed by atoms with van der Waals surface area (Å²) in [7, 11) is 0. The Balaban J connectivity index is 1.80. The van der Waals surface area contributed by atoms with Crippen molar-refractivity contribution in [3.05, 3.63) is 28.9 Å². The molecule has 2 aromatic rings. The van der Waals surface area contributed by atoms with Gasteiger partial charge < -0.3 is 13.9 Å². The second-order valence-corrected chi connectivity index (χ2v) is 5.71. The van der Waals surface area contributed by atoms with Crippen molar-refractivity contribution in [1.82, 2.24) is 9.78 Å². The van der Waals surface area contributed by atoms with Crippen molar-refractivity contribution >= 4 is 0 Å². The number of nitrogens with zero attached hydrogens (tertiary/aromatic N) is 2. The van der Waals surface area contributed by atoms with E-state index in [1.54, 1.807) is 12.1 Å². The molecule has 1 saturated carbocycles. The number of rotatable bonds is 3. The summed E-state index contributed by atoms with van der Waals surface area (Å²) in [6.45, 7) is 2.35. The van der Waals surface area contributed by atoms with Gasteiger partial charge in [0.2, 0.25) is 0 Å². The summed E-state index contributed by atoms with van der Waals surface area (Å²) in [4.78, 5) is 11.8. The molecule has 3 rings (SSSR count). The largest absolute Gasteiger partial charge is 0.459 e. The lowest BCUT2D eigenvalue weighted by molar-refractivity contribution is -0.0257. The molecule has 0 aliphatic heterocycles. The number of aliphatic hydroxyl groups is 1. The highest BCUT2D eigenvalue weighted by molar-refractivity contribution is 5.42. The van der Waals surface area contributed by atoms with Crippen LogP contribution >= 0.6 is 0 Å². The quantitative estimate of drug-likeness (QED) is 0.929. The van der Waals surface area contributed by atoms with E-state index >= 15 is 0 Å². The standard InChI is InChI=1S/C14H18N2O4/c1-10-4-6-14(18,7-5-10)9-16-13(17)20-12(15-16)11-3-2-8-19-11/h2-3,8,10,18H,4-7,9H2,1H3. The van der Waals surface area contributed by atoms with Crippen LogP contribution in [0.15, 0.2) is 32.0 Å². The average Bonchev–Trinajstić information content (AvgIpc) is 3.04. The molecule has 0 radical (unpaired) electrons. The molecule has 108 valence electrons. The smallest absolute Gasteiger partial charge is 0.437 e. The molecule has 1 aliphatic rings. The zero-order chi connectivity index (χ0) is 14.2. The molecular weight excluding hydrogens is 260 g/mol. The first-order chi connectivity index (χ1) is 9.56. The fraction of sp³-hybridized carbons (Fsp3) is 0.571. The van der Waals surface area contributed by atoms with Crippen molar-refractivity contribution in [2.45, 2.75) is 44.8 Å². The monoisotopic (exact) mass is 278 g/mol. The first kappa shape index (κ1) is 13.2. The normalized spacial score (nSPS) is 26.8. The van der Waals surface area contributed by atoms with Gasteiger partial charge in [-0.15, -0.1) is 5.10 Å². The lowest BCUT2D eigenvalue weighted by Crippen LogP contribution is -2.40. The summed E-state index contributed by atoms with van der Waals surface area (Å²) in [5, 5.41) is 14.6. The molecule has 20 heavy (non-hydrogen) atoms. The number of hydrogen-bond donors (Lipinski definition) is 1. The fourth-order valence-electron chi connectivity index (χ4n) is 2.64. The van der Waals surface area contributed by atoms with Gasteiger partial charge in [0.1, 0.15) is 0 Å². The second kappa shape index (κ2) is 4.94. The highest BCUT2D eigenvalue weighted by atomic mass is 16.4. The van der Waals surface area contributed by atoms with E-state index in [9.17, 15) is 9.90 Å². The Morgan fingerprint density at radius 3 is 2.90 bits per heavy atom. The fourth-order valence-corrected chi connectivity index (χ4v) is 2.64. The first-order valence-electron chi connectivity index (χ1n) is 6.90. The van der Waals surface area contributed by atoms with E-state index in [0.717, 1.165) is 12.8 Å². The van der Waals surface area contributed by atoms with Crippen LogP contribution in [0, 0.1) is 5.92 Å². The van der Waals surface area contributed by atoms with Gasteiger partial charge >= 0.3 is 5.76 Å². The Bertz CT molecular complexity index is 618. The summed E-state index contributed by atoms with van der Waals surface area (Å²) in [6, 6.07) is 3.37. The molecule has 1 fully saturated rings. The van der Waals surface area contributed by atoms with Crippen LogP contribution in [0.1, 0.15) is 32.6 Å². The van der Waals surface area contributed by atoms with Crippen LogP contribution in [0.5, 0.6) is 0 Å². The van der Waals surface area contributed by atoms with Crippen molar-refractivity contribution in [3.8, 4) is 11.7 Å². The lowest BCUT2D eigenvalue weighted by Gasteiger charge is -2.34. The van der Waals surface area contributed by atoms with Gasteiger partial charge in [0.25, 0.3) is 5.89 Å². The van der Waals surface area contributed by atoms with Crippen molar-refractivity contribution in [3.63, 3.8) is 0 Å². The number of furan rings is 1. The van der Waals surface area contributed by atoms with Crippen LogP contribution in [0.2, 0.25) is 0 Å². The minimum Gasteiger partial charge on any atom is -0.459 e. The van der Waals surface area contributed by atoms with E-state index in [4.69, 9.17) is 8.83 Å². The van der Waals surface area contributed by atoms with Gasteiger partial charge in [-0.25, -0.2) is 4.79 Å². The highest BCUT2D eigenvalue weighted by Crippen LogP contribution is 2.32. The predicted octanol–water partition coefficient (Wildman–Crippen LogP) is 2.04. The van der Waals surface area contributed by atoms with Gasteiger partial charge in [0.15, 0.2) is 5.76 Å². The number of hydrogen-bond acceptors (Lipinski definition) is 5. The Morgan fingerprint density at radius 2 is 2.25 bits per heavy atom. The molecule has 1 aliphatic carbocycles. The minimum absolute atomic E-state index is 0.146. The Hall–Kier alpha value is -1.82. The second-order valence-electron chi connectivity index (χ2n) is 5.71. The van der Waals surface area contributed by atoms with Crippen LogP contribution in [-0.4, -0.2) is 20.5 Å². The average molecular weight is 278 g/mol. The highest BCUT2D eigenvalue weighted by Gasteiger charge is 2.33. The van der Waals surface area contributed by atoms with Gasteiger partial charge in [-0.3, -0.25) is 0 Å². The van der Waals surface area contributed by atoms with E-state index < -0.39 is 11.4 Å². The molecule has 6 nitrogen and oxygen atoms in total. The molecule has 0 bridgehead atoms. The van der Waals surface area contributed by atoms with Gasteiger partial charge in [-0.05, 0) is 43.7 Å². The third-order valence-electron chi connectivity index (χ3n) is 3.99. The molecule has 6 heteroatoms. The van der Waals surface area contributed by atoms with Crippen molar-refractivity contribution in [2.24, 2.45) is 5.92 Å². The molecule has 0 aromatic carbocycles. The van der Waals surface area contributed by atoms with Gasteiger partial charge in [-0.1, -0.05) is 6.92 Å². The first-order valence-corrected chi connectivity index (χ1v) is 6.90. The molecule has 0 spiro atoms. The van der Waals surface area contributed by atoms with Crippen molar-refractivity contribution < 1.29 is 13.9 Å². The predicted molar refractivity (Wildman–Crippen MR) is 71.0 cm³/mol. The summed E-state index contributed by atoms with van der Waals surface area (Å²) in [6.07, 6.45) is 4.79. The molecule has 2 heterocycles. The van der Waals surface area contributed by atoms with Crippen LogP contribution in [-0.2, 0) is 6.54 Å². The van der Waals surface area contributed by atoms with Gasteiger partial charge in [0, 0.05) is 0 Å². The summed E-state index contributed by atoms with van der Waals surface area (Å²) >= 11 is 0. The van der Waals surface area contributed by atoms with E-state index in [-0.39, 0.29) is 12.4 Å². The van der Waals surface area contributed by atoms with E-state index in [2.05, 4.69) is 12.0 Å².